The largest absolute Gasteiger partial charge is 0.383 e. The number of likely N-dealkylation sites (tertiary alicyclic amines) is 1. The molecule has 2 heteroatoms. The van der Waals surface area contributed by atoms with Crippen LogP contribution in [-0.4, -0.2) is 30.1 Å². The molecule has 94 valence electrons. The third kappa shape index (κ3) is 3.22. The second-order valence-corrected chi connectivity index (χ2v) is 5.04. The van der Waals surface area contributed by atoms with E-state index in [-0.39, 0.29) is 0 Å². The molecule has 1 fully saturated rings. The molecule has 0 spiro atoms. The predicted molar refractivity (Wildman–Crippen MR) is 74.4 cm³/mol. The third-order valence-electron chi connectivity index (χ3n) is 3.84. The number of hydrogen-bond acceptors (Lipinski definition) is 2. The molecule has 0 amide bonds. The molecule has 0 bridgehead atoms. The Morgan fingerprint density at radius 2 is 2.12 bits per heavy atom. The van der Waals surface area contributed by atoms with Gasteiger partial charge >= 0.3 is 0 Å². The molecule has 2 atom stereocenters. The van der Waals surface area contributed by atoms with Crippen LogP contribution in [0, 0.1) is 0 Å². The zero-order valence-corrected chi connectivity index (χ0v) is 11.0. The van der Waals surface area contributed by atoms with E-state index in [1.165, 1.54) is 31.5 Å². The lowest BCUT2D eigenvalue weighted by atomic mass is 10.1. The maximum atomic E-state index is 3.52. The Morgan fingerprint density at radius 3 is 2.82 bits per heavy atom. The van der Waals surface area contributed by atoms with Gasteiger partial charge < -0.3 is 5.32 Å². The smallest absolute Gasteiger partial charge is 0.0340 e. The standard InChI is InChI=1S/C15H24N2/c1-3-15-10-7-11-17(15)13(2)12-16-14-8-5-4-6-9-14/h4-6,8-9,13,15-16H,3,7,10-12H2,1-2H3. The fraction of sp³-hybridized carbons (Fsp3) is 0.600. The van der Waals surface area contributed by atoms with Gasteiger partial charge in [0, 0.05) is 24.3 Å². The van der Waals surface area contributed by atoms with Crippen molar-refractivity contribution in [1.29, 1.82) is 0 Å². The SMILES string of the molecule is CCC1CCCN1C(C)CNc1ccccc1. The normalized spacial score (nSPS) is 22.6. The van der Waals surface area contributed by atoms with Crippen molar-refractivity contribution in [1.82, 2.24) is 4.90 Å². The highest BCUT2D eigenvalue weighted by molar-refractivity contribution is 5.42. The Labute approximate surface area is 105 Å². The zero-order valence-electron chi connectivity index (χ0n) is 11.0. The van der Waals surface area contributed by atoms with E-state index in [2.05, 4.69) is 54.4 Å². The molecule has 17 heavy (non-hydrogen) atoms. The van der Waals surface area contributed by atoms with E-state index >= 15 is 0 Å². The summed E-state index contributed by atoms with van der Waals surface area (Å²) in [6, 6.07) is 11.9. The highest BCUT2D eigenvalue weighted by Crippen LogP contribution is 2.22. The average Bonchev–Trinajstić information content (AvgIpc) is 2.85. The highest BCUT2D eigenvalue weighted by Gasteiger charge is 2.26. The lowest BCUT2D eigenvalue weighted by Gasteiger charge is -2.30. The summed E-state index contributed by atoms with van der Waals surface area (Å²) in [4.78, 5) is 2.66. The van der Waals surface area contributed by atoms with E-state index in [9.17, 15) is 0 Å². The average molecular weight is 232 g/mol. The molecule has 1 N–H and O–H groups in total. The van der Waals surface area contributed by atoms with Gasteiger partial charge in [0.25, 0.3) is 0 Å². The molecule has 0 radical (unpaired) electrons. The maximum absolute atomic E-state index is 3.52. The van der Waals surface area contributed by atoms with Gasteiger partial charge in [-0.15, -0.1) is 0 Å². The molecule has 2 rings (SSSR count). The molecule has 1 aliphatic heterocycles. The number of nitrogens with zero attached hydrogens (tertiary/aromatic N) is 1. The second kappa shape index (κ2) is 6.06. The second-order valence-electron chi connectivity index (χ2n) is 5.04. The van der Waals surface area contributed by atoms with Crippen LogP contribution in [0.2, 0.25) is 0 Å². The van der Waals surface area contributed by atoms with Gasteiger partial charge in [-0.1, -0.05) is 25.1 Å². The molecular weight excluding hydrogens is 208 g/mol. The van der Waals surface area contributed by atoms with E-state index in [1.807, 2.05) is 0 Å². The van der Waals surface area contributed by atoms with Crippen molar-refractivity contribution in [3.63, 3.8) is 0 Å². The Morgan fingerprint density at radius 1 is 1.35 bits per heavy atom. The van der Waals surface area contributed by atoms with Gasteiger partial charge in [-0.25, -0.2) is 0 Å². The van der Waals surface area contributed by atoms with E-state index in [1.54, 1.807) is 0 Å². The van der Waals surface area contributed by atoms with E-state index in [0.717, 1.165) is 12.6 Å². The van der Waals surface area contributed by atoms with Crippen LogP contribution < -0.4 is 5.32 Å². The zero-order chi connectivity index (χ0) is 12.1. The molecule has 0 aromatic heterocycles. The van der Waals surface area contributed by atoms with Gasteiger partial charge in [-0.05, 0) is 44.9 Å². The summed E-state index contributed by atoms with van der Waals surface area (Å²) in [5.41, 5.74) is 1.23. The Balaban J connectivity index is 1.83. The van der Waals surface area contributed by atoms with Gasteiger partial charge in [-0.2, -0.15) is 0 Å². The van der Waals surface area contributed by atoms with Crippen LogP contribution in [0.5, 0.6) is 0 Å². The molecule has 0 aliphatic carbocycles. The van der Waals surface area contributed by atoms with Gasteiger partial charge in [0.15, 0.2) is 0 Å². The molecule has 0 saturated carbocycles. The van der Waals surface area contributed by atoms with Crippen LogP contribution in [0.4, 0.5) is 5.69 Å². The number of nitrogens with one attached hydrogen (secondary N) is 1. The summed E-state index contributed by atoms with van der Waals surface area (Å²) in [5.74, 6) is 0. The monoisotopic (exact) mass is 232 g/mol. The number of para-hydroxylation sites is 1. The first-order valence-electron chi connectivity index (χ1n) is 6.86. The third-order valence-corrected chi connectivity index (χ3v) is 3.84. The molecule has 1 aromatic rings. The van der Waals surface area contributed by atoms with Crippen LogP contribution in [-0.2, 0) is 0 Å². The first kappa shape index (κ1) is 12.4. The minimum Gasteiger partial charge on any atom is -0.383 e. The van der Waals surface area contributed by atoms with E-state index in [4.69, 9.17) is 0 Å². The molecule has 1 saturated heterocycles. The summed E-state index contributed by atoms with van der Waals surface area (Å²) in [6.45, 7) is 6.96. The number of benzene rings is 1. The van der Waals surface area contributed by atoms with Crippen molar-refractivity contribution >= 4 is 5.69 Å². The fourth-order valence-corrected chi connectivity index (χ4v) is 2.82. The molecular formula is C15H24N2. The molecule has 1 aliphatic rings. The fourth-order valence-electron chi connectivity index (χ4n) is 2.82. The van der Waals surface area contributed by atoms with E-state index < -0.39 is 0 Å². The lowest BCUT2D eigenvalue weighted by molar-refractivity contribution is 0.195. The molecule has 2 unspecified atom stereocenters. The molecule has 1 heterocycles. The van der Waals surface area contributed by atoms with Crippen LogP contribution in [0.1, 0.15) is 33.1 Å². The summed E-state index contributed by atoms with van der Waals surface area (Å²) in [6.07, 6.45) is 4.04. The van der Waals surface area contributed by atoms with Crippen molar-refractivity contribution in [3.8, 4) is 0 Å². The molecule has 2 nitrogen and oxygen atoms in total. The van der Waals surface area contributed by atoms with Crippen LogP contribution in [0.3, 0.4) is 0 Å². The van der Waals surface area contributed by atoms with Gasteiger partial charge in [-0.3, -0.25) is 4.90 Å². The summed E-state index contributed by atoms with van der Waals surface area (Å²) >= 11 is 0. The number of hydrogen-bond donors (Lipinski definition) is 1. The van der Waals surface area contributed by atoms with Crippen LogP contribution in [0.25, 0.3) is 0 Å². The minimum atomic E-state index is 0.627. The number of rotatable bonds is 5. The topological polar surface area (TPSA) is 15.3 Å². The van der Waals surface area contributed by atoms with Gasteiger partial charge in [0.1, 0.15) is 0 Å². The number of anilines is 1. The highest BCUT2D eigenvalue weighted by atomic mass is 15.2. The Hall–Kier alpha value is -1.02. The lowest BCUT2D eigenvalue weighted by Crippen LogP contribution is -2.40. The summed E-state index contributed by atoms with van der Waals surface area (Å²) in [7, 11) is 0. The first-order chi connectivity index (χ1) is 8.31. The van der Waals surface area contributed by atoms with Crippen LogP contribution >= 0.6 is 0 Å². The summed E-state index contributed by atoms with van der Waals surface area (Å²) in [5, 5.41) is 3.52. The quantitative estimate of drug-likeness (QED) is 0.837. The Bertz CT molecular complexity index is 323. The van der Waals surface area contributed by atoms with Gasteiger partial charge in [0.05, 0.1) is 0 Å². The van der Waals surface area contributed by atoms with Crippen molar-refractivity contribution in [3.05, 3.63) is 30.3 Å². The predicted octanol–water partition coefficient (Wildman–Crippen LogP) is 3.36. The molecule has 1 aromatic carbocycles. The van der Waals surface area contributed by atoms with Gasteiger partial charge in [0.2, 0.25) is 0 Å². The van der Waals surface area contributed by atoms with Crippen LogP contribution in [0.15, 0.2) is 30.3 Å². The van der Waals surface area contributed by atoms with Crippen molar-refractivity contribution in [2.24, 2.45) is 0 Å². The van der Waals surface area contributed by atoms with E-state index in [0.29, 0.717) is 6.04 Å². The first-order valence-corrected chi connectivity index (χ1v) is 6.86. The maximum Gasteiger partial charge on any atom is 0.0340 e. The summed E-state index contributed by atoms with van der Waals surface area (Å²) < 4.78 is 0. The van der Waals surface area contributed by atoms with Crippen molar-refractivity contribution < 1.29 is 0 Å². The Kier molecular flexibility index (Phi) is 4.43. The minimum absolute atomic E-state index is 0.627. The van der Waals surface area contributed by atoms with Crippen molar-refractivity contribution in [2.45, 2.75) is 45.2 Å². The van der Waals surface area contributed by atoms with Crippen molar-refractivity contribution in [2.75, 3.05) is 18.4 Å².